The Kier molecular flexibility index (Phi) is 5.89. The number of carbonyl (C=O) groups is 1. The molecule has 3 rings (SSSR count). The normalized spacial score (nSPS) is 11.5. The number of hydrogen-bond acceptors (Lipinski definition) is 4. The van der Waals surface area contributed by atoms with Crippen LogP contribution in [-0.4, -0.2) is 20.1 Å². The first kappa shape index (κ1) is 19.8. The number of para-hydroxylation sites is 1. The highest BCUT2D eigenvalue weighted by atomic mass is 32.2. The summed E-state index contributed by atoms with van der Waals surface area (Å²) in [7, 11) is -4.81. The van der Waals surface area contributed by atoms with Gasteiger partial charge >= 0.3 is 5.76 Å². The van der Waals surface area contributed by atoms with E-state index in [-0.39, 0.29) is 18.5 Å². The van der Waals surface area contributed by atoms with E-state index in [1.54, 1.807) is 12.1 Å². The first-order chi connectivity index (χ1) is 13.4. The highest BCUT2D eigenvalue weighted by molar-refractivity contribution is 7.91. The van der Waals surface area contributed by atoms with Crippen molar-refractivity contribution in [3.05, 3.63) is 72.5 Å². The molecule has 1 heterocycles. The van der Waals surface area contributed by atoms with Gasteiger partial charge in [-0.1, -0.05) is 42.5 Å². The minimum Gasteiger partial charge on any atom is -0.461 e. The third-order valence-electron chi connectivity index (χ3n) is 4.02. The maximum atomic E-state index is 12.8. The van der Waals surface area contributed by atoms with Crippen LogP contribution in [0, 0.1) is 0 Å². The number of rotatable bonds is 7. The molecule has 0 unspecified atom stereocenters. The zero-order valence-electron chi connectivity index (χ0n) is 14.6. The molecule has 2 aromatic carbocycles. The maximum Gasteiger partial charge on any atom is 0.341 e. The number of amides is 1. The van der Waals surface area contributed by atoms with Gasteiger partial charge in [0, 0.05) is 18.4 Å². The summed E-state index contributed by atoms with van der Waals surface area (Å²) in [5, 5.41) is 2.39. The van der Waals surface area contributed by atoms with E-state index < -0.39 is 26.4 Å². The smallest absolute Gasteiger partial charge is 0.341 e. The van der Waals surface area contributed by atoms with E-state index in [1.807, 2.05) is 30.3 Å². The van der Waals surface area contributed by atoms with Crippen molar-refractivity contribution in [1.29, 1.82) is 0 Å². The van der Waals surface area contributed by atoms with Crippen molar-refractivity contribution in [1.82, 2.24) is 0 Å². The Morgan fingerprint density at radius 1 is 0.964 bits per heavy atom. The van der Waals surface area contributed by atoms with Gasteiger partial charge in [-0.25, -0.2) is 8.42 Å². The average Bonchev–Trinajstić information content (AvgIpc) is 3.16. The molecule has 0 bridgehead atoms. The van der Waals surface area contributed by atoms with Crippen molar-refractivity contribution in [2.45, 2.75) is 23.5 Å². The number of sulfone groups is 1. The molecule has 0 atom stereocenters. The average molecular weight is 405 g/mol. The van der Waals surface area contributed by atoms with E-state index in [0.29, 0.717) is 11.5 Å². The molecule has 0 radical (unpaired) electrons. The highest BCUT2D eigenvalue weighted by Gasteiger charge is 2.29. The summed E-state index contributed by atoms with van der Waals surface area (Å²) >= 11 is 0. The Labute approximate surface area is 160 Å². The Morgan fingerprint density at radius 3 is 2.36 bits per heavy atom. The van der Waals surface area contributed by atoms with Gasteiger partial charge in [-0.05, 0) is 24.3 Å². The number of anilines is 1. The second-order valence-corrected chi connectivity index (χ2v) is 7.87. The number of nitrogens with one attached hydrogen (secondary N) is 1. The summed E-state index contributed by atoms with van der Waals surface area (Å²) in [5.41, 5.74) is 0.738. The Bertz CT molecular complexity index is 1060. The summed E-state index contributed by atoms with van der Waals surface area (Å²) in [4.78, 5) is 11.6. The minimum atomic E-state index is -4.81. The van der Waals surface area contributed by atoms with Crippen LogP contribution in [0.2, 0.25) is 0 Å². The van der Waals surface area contributed by atoms with Crippen LogP contribution >= 0.6 is 0 Å². The first-order valence-corrected chi connectivity index (χ1v) is 9.97. The number of halogens is 2. The van der Waals surface area contributed by atoms with Crippen LogP contribution < -0.4 is 5.32 Å². The van der Waals surface area contributed by atoms with Crippen molar-refractivity contribution in [2.24, 2.45) is 0 Å². The Morgan fingerprint density at radius 2 is 1.64 bits per heavy atom. The van der Waals surface area contributed by atoms with E-state index in [9.17, 15) is 22.0 Å². The molecule has 0 aliphatic rings. The quantitative estimate of drug-likeness (QED) is 0.627. The fraction of sp³-hybridized carbons (Fsp3) is 0.150. The predicted octanol–water partition coefficient (Wildman–Crippen LogP) is 4.51. The van der Waals surface area contributed by atoms with E-state index >= 15 is 0 Å². The van der Waals surface area contributed by atoms with Crippen molar-refractivity contribution in [3.63, 3.8) is 0 Å². The standard InChI is InChI=1S/C20H17F2NO4S/c21-20(22)28(25,26)18-9-5-4-8-16(18)23-19(24)13-11-15-10-12-17(27-15)14-6-2-1-3-7-14/h1-10,12,20H,11,13H2,(H,23,24). The molecule has 3 aromatic rings. The molecule has 0 fully saturated rings. The van der Waals surface area contributed by atoms with E-state index in [4.69, 9.17) is 4.42 Å². The number of benzene rings is 2. The van der Waals surface area contributed by atoms with Crippen molar-refractivity contribution in [2.75, 3.05) is 5.32 Å². The molecule has 28 heavy (non-hydrogen) atoms. The molecule has 0 spiro atoms. The fourth-order valence-corrected chi connectivity index (χ4v) is 3.52. The van der Waals surface area contributed by atoms with Crippen molar-refractivity contribution >= 4 is 21.4 Å². The van der Waals surface area contributed by atoms with Gasteiger partial charge in [-0.3, -0.25) is 4.79 Å². The van der Waals surface area contributed by atoms with Gasteiger partial charge < -0.3 is 9.73 Å². The third kappa shape index (κ3) is 4.45. The summed E-state index contributed by atoms with van der Waals surface area (Å²) in [6, 6.07) is 18.1. The van der Waals surface area contributed by atoms with Gasteiger partial charge in [-0.2, -0.15) is 8.78 Å². The van der Waals surface area contributed by atoms with Crippen LogP contribution in [0.5, 0.6) is 0 Å². The molecule has 1 amide bonds. The third-order valence-corrected chi connectivity index (χ3v) is 5.46. The van der Waals surface area contributed by atoms with E-state index in [0.717, 1.165) is 11.6 Å². The van der Waals surface area contributed by atoms with Gasteiger partial charge in [0.15, 0.2) is 0 Å². The number of aryl methyl sites for hydroxylation is 1. The number of carbonyl (C=O) groups excluding carboxylic acids is 1. The van der Waals surface area contributed by atoms with Crippen LogP contribution in [0.15, 0.2) is 76.0 Å². The number of hydrogen-bond donors (Lipinski definition) is 1. The van der Waals surface area contributed by atoms with Crippen LogP contribution in [-0.2, 0) is 21.1 Å². The molecule has 0 aliphatic carbocycles. The lowest BCUT2D eigenvalue weighted by Crippen LogP contribution is -2.18. The van der Waals surface area contributed by atoms with Gasteiger partial charge in [0.05, 0.1) is 10.6 Å². The molecule has 8 heteroatoms. The molecule has 1 aromatic heterocycles. The van der Waals surface area contributed by atoms with Crippen LogP contribution in [0.25, 0.3) is 11.3 Å². The zero-order chi connectivity index (χ0) is 20.1. The lowest BCUT2D eigenvalue weighted by molar-refractivity contribution is -0.116. The summed E-state index contributed by atoms with van der Waals surface area (Å²) in [5.74, 6) is -2.81. The predicted molar refractivity (Wildman–Crippen MR) is 101 cm³/mol. The van der Waals surface area contributed by atoms with Crippen molar-refractivity contribution < 1.29 is 26.4 Å². The monoisotopic (exact) mass is 405 g/mol. The molecule has 1 N–H and O–H groups in total. The van der Waals surface area contributed by atoms with Crippen LogP contribution in [0.3, 0.4) is 0 Å². The lowest BCUT2D eigenvalue weighted by Gasteiger charge is -2.11. The zero-order valence-corrected chi connectivity index (χ0v) is 15.5. The molecule has 0 saturated carbocycles. The molecule has 5 nitrogen and oxygen atoms in total. The summed E-state index contributed by atoms with van der Waals surface area (Å²) in [6.07, 6.45) is 0.285. The summed E-state index contributed by atoms with van der Waals surface area (Å²) in [6.45, 7) is 0. The van der Waals surface area contributed by atoms with Crippen molar-refractivity contribution in [3.8, 4) is 11.3 Å². The topological polar surface area (TPSA) is 76.4 Å². The lowest BCUT2D eigenvalue weighted by atomic mass is 10.2. The van der Waals surface area contributed by atoms with Gasteiger partial charge in [-0.15, -0.1) is 0 Å². The maximum absolute atomic E-state index is 12.8. The fourth-order valence-electron chi connectivity index (χ4n) is 2.63. The molecule has 146 valence electrons. The molecular weight excluding hydrogens is 388 g/mol. The molecule has 0 saturated heterocycles. The van der Waals surface area contributed by atoms with Gasteiger partial charge in [0.1, 0.15) is 11.5 Å². The van der Waals surface area contributed by atoms with Gasteiger partial charge in [0.2, 0.25) is 15.7 Å². The summed E-state index contributed by atoms with van der Waals surface area (Å²) < 4.78 is 54.8. The Balaban J connectivity index is 1.66. The van der Waals surface area contributed by atoms with E-state index in [1.165, 1.54) is 18.2 Å². The number of alkyl halides is 2. The Hall–Kier alpha value is -3.00. The first-order valence-electron chi connectivity index (χ1n) is 8.43. The largest absolute Gasteiger partial charge is 0.461 e. The minimum absolute atomic E-state index is 0.00477. The molecule has 0 aliphatic heterocycles. The SMILES string of the molecule is O=C(CCc1ccc(-c2ccccc2)o1)Nc1ccccc1S(=O)(=O)C(F)F. The van der Waals surface area contributed by atoms with E-state index in [2.05, 4.69) is 5.32 Å². The van der Waals surface area contributed by atoms with Crippen LogP contribution in [0.1, 0.15) is 12.2 Å². The van der Waals surface area contributed by atoms with Crippen LogP contribution in [0.4, 0.5) is 14.5 Å². The molecular formula is C20H17F2NO4S. The number of furan rings is 1. The second kappa shape index (κ2) is 8.35. The second-order valence-electron chi connectivity index (χ2n) is 5.98. The van der Waals surface area contributed by atoms with Gasteiger partial charge in [0.25, 0.3) is 0 Å². The highest BCUT2D eigenvalue weighted by Crippen LogP contribution is 2.26.